The van der Waals surface area contributed by atoms with Crippen molar-refractivity contribution in [2.75, 3.05) is 0 Å². The number of halogens is 3. The highest BCUT2D eigenvalue weighted by molar-refractivity contribution is 5.90. The van der Waals surface area contributed by atoms with Gasteiger partial charge in [-0.25, -0.2) is 4.79 Å². The summed E-state index contributed by atoms with van der Waals surface area (Å²) in [5.74, 6) is -4.71. The molecule has 0 fully saturated rings. The van der Waals surface area contributed by atoms with Gasteiger partial charge < -0.3 is 4.74 Å². The van der Waals surface area contributed by atoms with Gasteiger partial charge in [-0.2, -0.15) is 13.2 Å². The van der Waals surface area contributed by atoms with Crippen LogP contribution in [0.2, 0.25) is 0 Å². The van der Waals surface area contributed by atoms with Crippen LogP contribution in [0, 0.1) is 5.92 Å². The molecule has 0 N–H and O–H groups in total. The van der Waals surface area contributed by atoms with E-state index in [9.17, 15) is 22.8 Å². The van der Waals surface area contributed by atoms with E-state index >= 15 is 0 Å². The van der Waals surface area contributed by atoms with Crippen molar-refractivity contribution in [2.24, 2.45) is 5.92 Å². The molecular weight excluding hydrogens is 249 g/mol. The van der Waals surface area contributed by atoms with Crippen LogP contribution in [0.3, 0.4) is 0 Å². The number of alkyl halides is 3. The molecule has 0 bridgehead atoms. The van der Waals surface area contributed by atoms with Crippen molar-refractivity contribution in [3.8, 4) is 0 Å². The maximum absolute atomic E-state index is 11.9. The lowest BCUT2D eigenvalue weighted by atomic mass is 9.96. The van der Waals surface area contributed by atoms with Gasteiger partial charge in [0.1, 0.15) is 0 Å². The average molecular weight is 258 g/mol. The summed E-state index contributed by atoms with van der Waals surface area (Å²) >= 11 is 0. The van der Waals surface area contributed by atoms with E-state index in [-0.39, 0.29) is 6.42 Å². The number of ether oxygens (including phenoxy) is 1. The van der Waals surface area contributed by atoms with Gasteiger partial charge in [0, 0.05) is 5.57 Å². The van der Waals surface area contributed by atoms with Crippen molar-refractivity contribution >= 4 is 11.9 Å². The summed E-state index contributed by atoms with van der Waals surface area (Å²) < 4.78 is 39.6. The highest BCUT2D eigenvalue weighted by Crippen LogP contribution is 2.22. The first-order chi connectivity index (χ1) is 8.36. The first kappa shape index (κ1) is 14.0. The molecule has 0 heterocycles. The van der Waals surface area contributed by atoms with Crippen LogP contribution in [-0.2, 0) is 14.3 Å². The van der Waals surface area contributed by atoms with Gasteiger partial charge in [0.05, 0.1) is 5.92 Å². The third-order valence-corrected chi connectivity index (χ3v) is 2.16. The molecule has 1 atom stereocenters. The summed E-state index contributed by atoms with van der Waals surface area (Å²) in [5, 5.41) is 0. The van der Waals surface area contributed by atoms with Crippen LogP contribution < -0.4 is 0 Å². The maximum atomic E-state index is 11.9. The molecule has 1 rings (SSSR count). The Labute approximate surface area is 101 Å². The molecule has 0 spiro atoms. The average Bonchev–Trinajstić information content (AvgIpc) is 2.30. The summed E-state index contributed by atoms with van der Waals surface area (Å²) in [6.07, 6.45) is -0.390. The van der Waals surface area contributed by atoms with Crippen molar-refractivity contribution in [2.45, 2.75) is 19.5 Å². The molecule has 18 heavy (non-hydrogen) atoms. The van der Waals surface area contributed by atoms with Crippen LogP contribution in [0.25, 0.3) is 0 Å². The Bertz CT molecular complexity index is 487. The topological polar surface area (TPSA) is 43.4 Å². The Morgan fingerprint density at radius 3 is 2.56 bits per heavy atom. The van der Waals surface area contributed by atoms with Gasteiger partial charge in [-0.05, 0) is 18.6 Å². The second-order valence-corrected chi connectivity index (χ2v) is 3.42. The number of hydrogen-bond acceptors (Lipinski definition) is 3. The maximum Gasteiger partial charge on any atom is 0.491 e. The third kappa shape index (κ3) is 3.48. The van der Waals surface area contributed by atoms with Crippen molar-refractivity contribution in [3.63, 3.8) is 0 Å². The highest BCUT2D eigenvalue weighted by Gasteiger charge is 2.43. The first-order valence-electron chi connectivity index (χ1n) is 5.07. The summed E-state index contributed by atoms with van der Waals surface area (Å²) in [7, 11) is 0. The lowest BCUT2D eigenvalue weighted by molar-refractivity contribution is -0.202. The van der Waals surface area contributed by atoms with E-state index < -0.39 is 24.0 Å². The highest BCUT2D eigenvalue weighted by atomic mass is 19.4. The molecular formula is C12H9F3O3. The monoisotopic (exact) mass is 258 g/mol. The Hall–Kier alpha value is -2.03. The number of esters is 2. The minimum Gasteiger partial charge on any atom is -0.386 e. The molecule has 0 aliphatic heterocycles. The third-order valence-electron chi connectivity index (χ3n) is 2.16. The summed E-state index contributed by atoms with van der Waals surface area (Å²) in [5.41, 5.74) is 5.50. The molecule has 0 aromatic rings. The van der Waals surface area contributed by atoms with Crippen molar-refractivity contribution < 1.29 is 27.5 Å². The number of carbonyl (C=O) groups is 2. The Morgan fingerprint density at radius 1 is 1.44 bits per heavy atom. The summed E-state index contributed by atoms with van der Waals surface area (Å²) in [6, 6.07) is 0. The Morgan fingerprint density at radius 2 is 2.11 bits per heavy atom. The minimum atomic E-state index is -5.18. The molecule has 6 heteroatoms. The van der Waals surface area contributed by atoms with Gasteiger partial charge in [-0.3, -0.25) is 4.79 Å². The molecule has 0 radical (unpaired) electrons. The van der Waals surface area contributed by atoms with Gasteiger partial charge in [0.25, 0.3) is 0 Å². The minimum absolute atomic E-state index is 0.193. The molecule has 0 aromatic heterocycles. The van der Waals surface area contributed by atoms with Crippen LogP contribution in [0.4, 0.5) is 13.2 Å². The van der Waals surface area contributed by atoms with Gasteiger partial charge in [0.15, 0.2) is 0 Å². The van der Waals surface area contributed by atoms with Gasteiger partial charge in [-0.15, -0.1) is 0 Å². The standard InChI is InChI=1S/C12H9F3O3/c1-2-9(8-6-4-3-5-7-8)10(16)18-11(17)12(13,14)15/h3-4,6,9H,2H2,1H3. The van der Waals surface area contributed by atoms with E-state index in [1.54, 1.807) is 13.0 Å². The zero-order valence-electron chi connectivity index (χ0n) is 9.38. The molecule has 3 nitrogen and oxygen atoms in total. The quantitative estimate of drug-likeness (QED) is 0.443. The van der Waals surface area contributed by atoms with Gasteiger partial charge in [-0.1, -0.05) is 24.5 Å². The number of hydrogen-bond donors (Lipinski definition) is 0. The molecule has 0 saturated carbocycles. The second kappa shape index (κ2) is 5.54. The fourth-order valence-electron chi connectivity index (χ4n) is 1.30. The van der Waals surface area contributed by atoms with Crippen molar-refractivity contribution in [1.82, 2.24) is 0 Å². The summed E-state index contributed by atoms with van der Waals surface area (Å²) in [6.45, 7) is 1.59. The van der Waals surface area contributed by atoms with E-state index in [1.165, 1.54) is 12.2 Å². The van der Waals surface area contributed by atoms with E-state index in [0.717, 1.165) is 0 Å². The van der Waals surface area contributed by atoms with E-state index in [0.29, 0.717) is 5.57 Å². The lowest BCUT2D eigenvalue weighted by Crippen LogP contribution is -2.31. The fourth-order valence-corrected chi connectivity index (χ4v) is 1.30. The Balaban J connectivity index is 2.82. The first-order valence-corrected chi connectivity index (χ1v) is 5.07. The molecule has 0 amide bonds. The van der Waals surface area contributed by atoms with E-state index in [1.807, 2.05) is 0 Å². The van der Waals surface area contributed by atoms with Crippen LogP contribution in [-0.4, -0.2) is 18.1 Å². The molecule has 0 saturated heterocycles. The molecule has 1 aliphatic rings. The molecule has 1 unspecified atom stereocenters. The smallest absolute Gasteiger partial charge is 0.386 e. The van der Waals surface area contributed by atoms with Crippen LogP contribution >= 0.6 is 0 Å². The van der Waals surface area contributed by atoms with Gasteiger partial charge in [0.2, 0.25) is 0 Å². The largest absolute Gasteiger partial charge is 0.491 e. The zero-order valence-corrected chi connectivity index (χ0v) is 9.38. The number of rotatable bonds is 3. The molecule has 96 valence electrons. The van der Waals surface area contributed by atoms with Gasteiger partial charge >= 0.3 is 18.1 Å². The fraction of sp³-hybridized carbons (Fsp3) is 0.333. The molecule has 1 aliphatic carbocycles. The number of carbonyl (C=O) groups excluding carboxylic acids is 2. The zero-order chi connectivity index (χ0) is 13.8. The predicted molar refractivity (Wildman–Crippen MR) is 55.2 cm³/mol. The van der Waals surface area contributed by atoms with Crippen LogP contribution in [0.15, 0.2) is 35.3 Å². The second-order valence-electron chi connectivity index (χ2n) is 3.42. The normalized spacial score (nSPS) is 15.2. The molecule has 0 aromatic carbocycles. The van der Waals surface area contributed by atoms with Crippen molar-refractivity contribution in [1.29, 1.82) is 0 Å². The van der Waals surface area contributed by atoms with Crippen LogP contribution in [0.5, 0.6) is 0 Å². The summed E-state index contributed by atoms with van der Waals surface area (Å²) in [4.78, 5) is 22.0. The van der Waals surface area contributed by atoms with E-state index in [2.05, 4.69) is 16.2 Å². The SMILES string of the molecule is CCC(C(=O)OC(=O)C(F)(F)F)C1=C=C=CC=C1. The van der Waals surface area contributed by atoms with Crippen molar-refractivity contribution in [3.05, 3.63) is 35.3 Å². The Kier molecular flexibility index (Phi) is 4.32. The number of allylic oxidation sites excluding steroid dienone is 3. The van der Waals surface area contributed by atoms with Crippen LogP contribution in [0.1, 0.15) is 13.3 Å². The predicted octanol–water partition coefficient (Wildman–Crippen LogP) is 2.45. The lowest BCUT2D eigenvalue weighted by Gasteiger charge is -2.13. The van der Waals surface area contributed by atoms with E-state index in [4.69, 9.17) is 0 Å².